The molecule has 2 heterocycles. The van der Waals surface area contributed by atoms with E-state index in [1.165, 1.54) is 22.4 Å². The summed E-state index contributed by atoms with van der Waals surface area (Å²) < 4.78 is 0. The van der Waals surface area contributed by atoms with Gasteiger partial charge in [-0.3, -0.25) is 5.32 Å². The number of hydrogen-bond acceptors (Lipinski definition) is 3. The van der Waals surface area contributed by atoms with Gasteiger partial charge in [0.05, 0.1) is 6.04 Å². The highest BCUT2D eigenvalue weighted by Crippen LogP contribution is 2.41. The van der Waals surface area contributed by atoms with E-state index in [0.29, 0.717) is 18.0 Å². The number of anilines is 1. The largest absolute Gasteiger partial charge is 0.369 e. The number of nitrogens with one attached hydrogen (secondary N) is 1. The Hall–Kier alpha value is -1.84. The quantitative estimate of drug-likeness (QED) is 0.920. The van der Waals surface area contributed by atoms with Gasteiger partial charge >= 0.3 is 0 Å². The maximum Gasteiger partial charge on any atom is 0.0584 e. The van der Waals surface area contributed by atoms with Crippen LogP contribution in [0.25, 0.3) is 0 Å². The molecule has 2 unspecified atom stereocenters. The molecule has 2 aromatic carbocycles. The maximum absolute atomic E-state index is 3.88. The summed E-state index contributed by atoms with van der Waals surface area (Å²) in [7, 11) is 2.21. The van der Waals surface area contributed by atoms with Crippen LogP contribution in [0, 0.1) is 5.92 Å². The third kappa shape index (κ3) is 3.19. The summed E-state index contributed by atoms with van der Waals surface area (Å²) in [6, 6.07) is 18.7. The molecule has 2 aromatic rings. The van der Waals surface area contributed by atoms with Gasteiger partial charge in [-0.15, -0.1) is 0 Å². The van der Waals surface area contributed by atoms with Crippen molar-refractivity contribution in [3.8, 4) is 0 Å². The second kappa shape index (κ2) is 6.81. The Morgan fingerprint density at radius 1 is 0.920 bits per heavy atom. The first-order valence-electron chi connectivity index (χ1n) is 9.52. The molecule has 2 atom stereocenters. The Balaban J connectivity index is 1.68. The molecule has 1 fully saturated rings. The normalized spacial score (nSPS) is 23.9. The molecule has 25 heavy (non-hydrogen) atoms. The molecule has 1 N–H and O–H groups in total. The molecule has 0 aliphatic carbocycles. The fraction of sp³-hybridized carbons (Fsp3) is 0.455. The Labute approximate surface area is 151 Å². The second-order valence-corrected chi connectivity index (χ2v) is 7.84. The van der Waals surface area contributed by atoms with Crippen molar-refractivity contribution < 1.29 is 0 Å². The third-order valence-corrected chi connectivity index (χ3v) is 5.73. The van der Waals surface area contributed by atoms with Crippen molar-refractivity contribution in [2.24, 2.45) is 5.92 Å². The Kier molecular flexibility index (Phi) is 4.53. The van der Waals surface area contributed by atoms with E-state index < -0.39 is 0 Å². The zero-order chi connectivity index (χ0) is 17.4. The Morgan fingerprint density at radius 3 is 2.32 bits per heavy atom. The van der Waals surface area contributed by atoms with Crippen LogP contribution in [0.5, 0.6) is 0 Å². The summed E-state index contributed by atoms with van der Waals surface area (Å²) in [5, 5.41) is 3.88. The minimum absolute atomic E-state index is 0.310. The molecule has 0 saturated carbocycles. The number of benzene rings is 2. The average molecular weight is 335 g/mol. The van der Waals surface area contributed by atoms with Crippen LogP contribution in [-0.2, 0) is 0 Å². The summed E-state index contributed by atoms with van der Waals surface area (Å²) in [6.07, 6.45) is 0. The van der Waals surface area contributed by atoms with Crippen molar-refractivity contribution in [1.29, 1.82) is 0 Å². The van der Waals surface area contributed by atoms with E-state index in [4.69, 9.17) is 0 Å². The number of hydrogen-bond donors (Lipinski definition) is 1. The standard InChI is InChI=1S/C22H29N3/c1-16(2)21-20-15-18(25-13-11-24(3)12-14-25)9-10-19(20)22(23-21)17-7-5-4-6-8-17/h4-10,15-16,21-23H,11-14H2,1-3H3. The van der Waals surface area contributed by atoms with Gasteiger partial charge in [-0.1, -0.05) is 50.2 Å². The number of rotatable bonds is 3. The highest BCUT2D eigenvalue weighted by molar-refractivity contribution is 5.56. The molecule has 0 amide bonds. The smallest absolute Gasteiger partial charge is 0.0584 e. The number of fused-ring (bicyclic) bond motifs is 1. The minimum atomic E-state index is 0.310. The molecule has 0 aromatic heterocycles. The van der Waals surface area contributed by atoms with E-state index in [1.807, 2.05) is 0 Å². The van der Waals surface area contributed by atoms with Crippen LogP contribution in [0.3, 0.4) is 0 Å². The van der Waals surface area contributed by atoms with Gasteiger partial charge in [0.25, 0.3) is 0 Å². The van der Waals surface area contributed by atoms with Crippen LogP contribution in [0.15, 0.2) is 48.5 Å². The molecule has 3 nitrogen and oxygen atoms in total. The van der Waals surface area contributed by atoms with Crippen LogP contribution in [-0.4, -0.2) is 38.1 Å². The Morgan fingerprint density at radius 2 is 1.64 bits per heavy atom. The molecule has 3 heteroatoms. The first kappa shape index (κ1) is 16.6. The van der Waals surface area contributed by atoms with Gasteiger partial charge in [-0.05, 0) is 41.8 Å². The average Bonchev–Trinajstić information content (AvgIpc) is 3.02. The first-order valence-corrected chi connectivity index (χ1v) is 9.52. The van der Waals surface area contributed by atoms with E-state index in [1.54, 1.807) is 0 Å². The first-order chi connectivity index (χ1) is 12.1. The molecular formula is C22H29N3. The van der Waals surface area contributed by atoms with Gasteiger partial charge < -0.3 is 9.80 Å². The topological polar surface area (TPSA) is 18.5 Å². The lowest BCUT2D eigenvalue weighted by atomic mass is 9.93. The summed E-state index contributed by atoms with van der Waals surface area (Å²) in [5.74, 6) is 0.579. The zero-order valence-electron chi connectivity index (χ0n) is 15.6. The van der Waals surface area contributed by atoms with E-state index in [9.17, 15) is 0 Å². The summed E-state index contributed by atoms with van der Waals surface area (Å²) in [5.41, 5.74) is 5.68. The Bertz CT molecular complexity index is 717. The van der Waals surface area contributed by atoms with Crippen molar-refractivity contribution in [3.05, 3.63) is 65.2 Å². The lowest BCUT2D eigenvalue weighted by Gasteiger charge is -2.34. The molecule has 0 spiro atoms. The molecule has 4 rings (SSSR count). The minimum Gasteiger partial charge on any atom is -0.369 e. The molecule has 2 aliphatic rings. The van der Waals surface area contributed by atoms with Crippen LogP contribution in [0.2, 0.25) is 0 Å². The molecule has 132 valence electrons. The van der Waals surface area contributed by atoms with E-state index in [2.05, 4.69) is 84.5 Å². The summed E-state index contributed by atoms with van der Waals surface area (Å²) in [6.45, 7) is 9.17. The number of likely N-dealkylation sites (N-methyl/N-ethyl adjacent to an activating group) is 1. The summed E-state index contributed by atoms with van der Waals surface area (Å²) >= 11 is 0. The highest BCUT2D eigenvalue weighted by Gasteiger charge is 2.33. The fourth-order valence-corrected chi connectivity index (χ4v) is 4.19. The molecular weight excluding hydrogens is 306 g/mol. The van der Waals surface area contributed by atoms with Crippen molar-refractivity contribution in [2.75, 3.05) is 38.1 Å². The molecule has 0 radical (unpaired) electrons. The molecule has 0 bridgehead atoms. The summed E-state index contributed by atoms with van der Waals surface area (Å²) in [4.78, 5) is 4.95. The van der Waals surface area contributed by atoms with Crippen molar-refractivity contribution in [2.45, 2.75) is 25.9 Å². The maximum atomic E-state index is 3.88. The van der Waals surface area contributed by atoms with E-state index in [0.717, 1.165) is 26.2 Å². The van der Waals surface area contributed by atoms with Crippen LogP contribution < -0.4 is 10.2 Å². The number of piperazine rings is 1. The van der Waals surface area contributed by atoms with Crippen LogP contribution in [0.4, 0.5) is 5.69 Å². The van der Waals surface area contributed by atoms with E-state index >= 15 is 0 Å². The van der Waals surface area contributed by atoms with Gasteiger partial charge in [0, 0.05) is 37.9 Å². The highest BCUT2D eigenvalue weighted by atomic mass is 15.2. The van der Waals surface area contributed by atoms with Gasteiger partial charge in [0.1, 0.15) is 0 Å². The zero-order valence-corrected chi connectivity index (χ0v) is 15.6. The fourth-order valence-electron chi connectivity index (χ4n) is 4.19. The SMILES string of the molecule is CC(C)C1NC(c2ccccc2)c2ccc(N3CCN(C)CC3)cc21. The lowest BCUT2D eigenvalue weighted by Crippen LogP contribution is -2.44. The monoisotopic (exact) mass is 335 g/mol. The van der Waals surface area contributed by atoms with Crippen molar-refractivity contribution in [1.82, 2.24) is 10.2 Å². The predicted octanol–water partition coefficient (Wildman–Crippen LogP) is 3.83. The van der Waals surface area contributed by atoms with Crippen molar-refractivity contribution in [3.63, 3.8) is 0 Å². The van der Waals surface area contributed by atoms with Gasteiger partial charge in [-0.25, -0.2) is 0 Å². The molecule has 1 saturated heterocycles. The van der Waals surface area contributed by atoms with Crippen LogP contribution in [0.1, 0.15) is 42.6 Å². The van der Waals surface area contributed by atoms with Crippen molar-refractivity contribution >= 4 is 5.69 Å². The van der Waals surface area contributed by atoms with Gasteiger partial charge in [-0.2, -0.15) is 0 Å². The lowest BCUT2D eigenvalue weighted by molar-refractivity contribution is 0.313. The van der Waals surface area contributed by atoms with Gasteiger partial charge in [0.2, 0.25) is 0 Å². The van der Waals surface area contributed by atoms with E-state index in [-0.39, 0.29) is 0 Å². The van der Waals surface area contributed by atoms with Gasteiger partial charge in [0.15, 0.2) is 0 Å². The molecule has 2 aliphatic heterocycles. The van der Waals surface area contributed by atoms with Crippen LogP contribution >= 0.6 is 0 Å². The third-order valence-electron chi connectivity index (χ3n) is 5.73. The number of nitrogens with zero attached hydrogens (tertiary/aromatic N) is 2. The second-order valence-electron chi connectivity index (χ2n) is 7.84. The predicted molar refractivity (Wildman–Crippen MR) is 105 cm³/mol.